The van der Waals surface area contributed by atoms with Crippen LogP contribution in [-0.4, -0.2) is 5.91 Å². The van der Waals surface area contributed by atoms with Crippen molar-refractivity contribution in [3.63, 3.8) is 0 Å². The SMILES string of the molecule is CC(=O)Nc1ccc(C2CCCCC2C)cc1. The first-order valence-electron chi connectivity index (χ1n) is 6.54. The second-order valence-corrected chi connectivity index (χ2v) is 5.17. The van der Waals surface area contributed by atoms with Crippen LogP contribution in [0.1, 0.15) is 51.0 Å². The molecule has 0 aromatic heterocycles. The molecule has 2 heteroatoms. The number of anilines is 1. The first-order chi connectivity index (χ1) is 8.16. The Morgan fingerprint density at radius 1 is 1.18 bits per heavy atom. The van der Waals surface area contributed by atoms with Gasteiger partial charge in [0.2, 0.25) is 5.91 Å². The monoisotopic (exact) mass is 231 g/mol. The van der Waals surface area contributed by atoms with Crippen LogP contribution in [0.3, 0.4) is 0 Å². The Bertz CT molecular complexity index is 382. The molecule has 2 rings (SSSR count). The number of benzene rings is 1. The normalized spacial score (nSPS) is 24.4. The number of hydrogen-bond acceptors (Lipinski definition) is 1. The van der Waals surface area contributed by atoms with Crippen molar-refractivity contribution < 1.29 is 4.79 Å². The van der Waals surface area contributed by atoms with Crippen LogP contribution >= 0.6 is 0 Å². The highest BCUT2D eigenvalue weighted by Gasteiger charge is 2.22. The van der Waals surface area contributed by atoms with E-state index in [4.69, 9.17) is 0 Å². The summed E-state index contributed by atoms with van der Waals surface area (Å²) >= 11 is 0. The van der Waals surface area contributed by atoms with Crippen LogP contribution in [0, 0.1) is 5.92 Å². The first kappa shape index (κ1) is 12.2. The molecule has 1 N–H and O–H groups in total. The fourth-order valence-electron chi connectivity index (χ4n) is 2.83. The van der Waals surface area contributed by atoms with Gasteiger partial charge in [-0.3, -0.25) is 4.79 Å². The minimum absolute atomic E-state index is 0.0104. The zero-order chi connectivity index (χ0) is 12.3. The van der Waals surface area contributed by atoms with Gasteiger partial charge in [-0.05, 0) is 36.0 Å². The van der Waals surface area contributed by atoms with Gasteiger partial charge in [0.15, 0.2) is 0 Å². The van der Waals surface area contributed by atoms with Crippen molar-refractivity contribution in [3.8, 4) is 0 Å². The van der Waals surface area contributed by atoms with Crippen molar-refractivity contribution in [3.05, 3.63) is 29.8 Å². The van der Waals surface area contributed by atoms with Crippen LogP contribution in [0.5, 0.6) is 0 Å². The van der Waals surface area contributed by atoms with Gasteiger partial charge in [-0.15, -0.1) is 0 Å². The Morgan fingerprint density at radius 2 is 1.82 bits per heavy atom. The lowest BCUT2D eigenvalue weighted by Crippen LogP contribution is -2.14. The molecule has 1 aliphatic rings. The lowest BCUT2D eigenvalue weighted by molar-refractivity contribution is -0.114. The second-order valence-electron chi connectivity index (χ2n) is 5.17. The maximum atomic E-state index is 10.9. The predicted molar refractivity (Wildman–Crippen MR) is 71.1 cm³/mol. The highest BCUT2D eigenvalue weighted by Crippen LogP contribution is 2.37. The van der Waals surface area contributed by atoms with E-state index in [2.05, 4.69) is 24.4 Å². The number of nitrogens with one attached hydrogen (secondary N) is 1. The Labute approximate surface area is 103 Å². The molecule has 1 saturated carbocycles. The largest absolute Gasteiger partial charge is 0.326 e. The van der Waals surface area contributed by atoms with Crippen LogP contribution < -0.4 is 5.32 Å². The molecule has 2 unspecified atom stereocenters. The number of hydrogen-bond donors (Lipinski definition) is 1. The zero-order valence-electron chi connectivity index (χ0n) is 10.7. The van der Waals surface area contributed by atoms with Crippen molar-refractivity contribution in [1.29, 1.82) is 0 Å². The van der Waals surface area contributed by atoms with Crippen molar-refractivity contribution in [1.82, 2.24) is 0 Å². The van der Waals surface area contributed by atoms with Crippen LogP contribution in [0.25, 0.3) is 0 Å². The Kier molecular flexibility index (Phi) is 3.82. The van der Waals surface area contributed by atoms with Gasteiger partial charge in [0.05, 0.1) is 0 Å². The van der Waals surface area contributed by atoms with E-state index in [9.17, 15) is 4.79 Å². The van der Waals surface area contributed by atoms with Crippen LogP contribution in [-0.2, 0) is 4.79 Å². The number of rotatable bonds is 2. The molecule has 0 saturated heterocycles. The summed E-state index contributed by atoms with van der Waals surface area (Å²) in [6.07, 6.45) is 5.38. The molecule has 1 amide bonds. The summed E-state index contributed by atoms with van der Waals surface area (Å²) in [6, 6.07) is 8.35. The van der Waals surface area contributed by atoms with Crippen LogP contribution in [0.2, 0.25) is 0 Å². The quantitative estimate of drug-likeness (QED) is 0.820. The molecule has 2 atom stereocenters. The minimum atomic E-state index is -0.0104. The molecule has 0 heterocycles. The third kappa shape index (κ3) is 3.09. The van der Waals surface area contributed by atoms with Gasteiger partial charge < -0.3 is 5.32 Å². The molecule has 1 aromatic carbocycles. The van der Waals surface area contributed by atoms with Crippen molar-refractivity contribution in [2.45, 2.75) is 45.4 Å². The van der Waals surface area contributed by atoms with E-state index in [0.29, 0.717) is 5.92 Å². The topological polar surface area (TPSA) is 29.1 Å². The van der Waals surface area contributed by atoms with E-state index in [0.717, 1.165) is 11.6 Å². The molecule has 0 spiro atoms. The molecule has 1 aromatic rings. The molecule has 1 fully saturated rings. The van der Waals surface area contributed by atoms with Gasteiger partial charge in [0.1, 0.15) is 0 Å². The molecule has 0 bridgehead atoms. The van der Waals surface area contributed by atoms with Crippen LogP contribution in [0.15, 0.2) is 24.3 Å². The van der Waals surface area contributed by atoms with E-state index >= 15 is 0 Å². The van der Waals surface area contributed by atoms with E-state index < -0.39 is 0 Å². The summed E-state index contributed by atoms with van der Waals surface area (Å²) in [4.78, 5) is 10.9. The van der Waals surface area contributed by atoms with Gasteiger partial charge in [-0.2, -0.15) is 0 Å². The molecule has 1 aliphatic carbocycles. The summed E-state index contributed by atoms with van der Waals surface area (Å²) in [5.41, 5.74) is 2.32. The predicted octanol–water partition coefficient (Wildman–Crippen LogP) is 3.94. The third-order valence-corrected chi connectivity index (χ3v) is 3.77. The first-order valence-corrected chi connectivity index (χ1v) is 6.54. The third-order valence-electron chi connectivity index (χ3n) is 3.77. The van der Waals surface area contributed by atoms with Crippen molar-refractivity contribution in [2.75, 3.05) is 5.32 Å². The summed E-state index contributed by atoms with van der Waals surface area (Å²) in [7, 11) is 0. The highest BCUT2D eigenvalue weighted by molar-refractivity contribution is 5.88. The fraction of sp³-hybridized carbons (Fsp3) is 0.533. The highest BCUT2D eigenvalue weighted by atomic mass is 16.1. The van der Waals surface area contributed by atoms with Crippen molar-refractivity contribution >= 4 is 11.6 Å². The molecule has 92 valence electrons. The average molecular weight is 231 g/mol. The molecular weight excluding hydrogens is 210 g/mol. The number of amides is 1. The minimum Gasteiger partial charge on any atom is -0.326 e. The van der Waals surface area contributed by atoms with E-state index in [-0.39, 0.29) is 5.91 Å². The number of carbonyl (C=O) groups is 1. The number of carbonyl (C=O) groups excluding carboxylic acids is 1. The summed E-state index contributed by atoms with van der Waals surface area (Å²) in [5.74, 6) is 1.48. The van der Waals surface area contributed by atoms with Crippen LogP contribution in [0.4, 0.5) is 5.69 Å². The molecular formula is C15H21NO. The maximum absolute atomic E-state index is 10.9. The van der Waals surface area contributed by atoms with E-state index in [1.54, 1.807) is 0 Å². The van der Waals surface area contributed by atoms with E-state index in [1.807, 2.05) is 12.1 Å². The fourth-order valence-corrected chi connectivity index (χ4v) is 2.83. The molecule has 17 heavy (non-hydrogen) atoms. The summed E-state index contributed by atoms with van der Waals surface area (Å²) in [6.45, 7) is 3.89. The Hall–Kier alpha value is -1.31. The average Bonchev–Trinajstić information content (AvgIpc) is 2.30. The summed E-state index contributed by atoms with van der Waals surface area (Å²) < 4.78 is 0. The maximum Gasteiger partial charge on any atom is 0.221 e. The van der Waals surface area contributed by atoms with Gasteiger partial charge in [-0.25, -0.2) is 0 Å². The van der Waals surface area contributed by atoms with E-state index in [1.165, 1.54) is 38.2 Å². The Morgan fingerprint density at radius 3 is 2.41 bits per heavy atom. The second kappa shape index (κ2) is 5.35. The zero-order valence-corrected chi connectivity index (χ0v) is 10.7. The lowest BCUT2D eigenvalue weighted by Gasteiger charge is -2.29. The lowest BCUT2D eigenvalue weighted by atomic mass is 9.76. The molecule has 0 radical (unpaired) electrons. The van der Waals surface area contributed by atoms with Crippen molar-refractivity contribution in [2.24, 2.45) is 5.92 Å². The molecule has 2 nitrogen and oxygen atoms in total. The standard InChI is InChI=1S/C15H21NO/c1-11-5-3-4-6-15(11)13-7-9-14(10-8-13)16-12(2)17/h7-11,15H,3-6H2,1-2H3,(H,16,17). The van der Waals surface area contributed by atoms with Gasteiger partial charge in [0.25, 0.3) is 0 Å². The smallest absolute Gasteiger partial charge is 0.221 e. The Balaban J connectivity index is 2.08. The van der Waals surface area contributed by atoms with Gasteiger partial charge in [0, 0.05) is 12.6 Å². The van der Waals surface area contributed by atoms with Gasteiger partial charge >= 0.3 is 0 Å². The molecule has 0 aliphatic heterocycles. The van der Waals surface area contributed by atoms with Gasteiger partial charge in [-0.1, -0.05) is 38.3 Å². The summed E-state index contributed by atoms with van der Waals surface area (Å²) in [5, 5.41) is 2.81.